The third kappa shape index (κ3) is 3.39. The lowest BCUT2D eigenvalue weighted by Crippen LogP contribution is -2.04. The molecule has 0 atom stereocenters. The summed E-state index contributed by atoms with van der Waals surface area (Å²) in [4.78, 5) is 0.707. The number of nitrogens with two attached hydrogens (primary N) is 1. The van der Waals surface area contributed by atoms with E-state index in [1.807, 2.05) is 54.6 Å². The molecule has 0 fully saturated rings. The third-order valence-electron chi connectivity index (χ3n) is 4.41. The highest BCUT2D eigenvalue weighted by Gasteiger charge is 2.17. The number of hydrogen-bond donors (Lipinski definition) is 3. The number of anilines is 3. The van der Waals surface area contributed by atoms with E-state index in [2.05, 4.69) is 50.2 Å². The van der Waals surface area contributed by atoms with Crippen LogP contribution in [-0.4, -0.2) is 0 Å². The SMILES string of the molecule is C=Cc1c(Nc2ccccc2)cc(S)c(N)c1C(=C)c1ccccc1C. The number of hydrogen-bond acceptors (Lipinski definition) is 3. The Labute approximate surface area is 160 Å². The van der Waals surface area contributed by atoms with Crippen LogP contribution in [0.4, 0.5) is 17.1 Å². The molecule has 0 amide bonds. The zero-order valence-electron chi connectivity index (χ0n) is 14.8. The molecule has 0 radical (unpaired) electrons. The summed E-state index contributed by atoms with van der Waals surface area (Å²) in [6.07, 6.45) is 1.81. The highest BCUT2D eigenvalue weighted by molar-refractivity contribution is 7.80. The summed E-state index contributed by atoms with van der Waals surface area (Å²) in [5.74, 6) is 0. The third-order valence-corrected chi connectivity index (χ3v) is 4.78. The standard InChI is InChI=1S/C23H22N2S/c1-4-18-20(25-17-11-6-5-7-12-17)14-21(26)23(24)22(18)16(3)19-13-9-8-10-15(19)2/h4-14,25-26H,1,3,24H2,2H3. The van der Waals surface area contributed by atoms with Crippen molar-refractivity contribution in [2.24, 2.45) is 0 Å². The quantitative estimate of drug-likeness (QED) is 0.369. The molecule has 0 aliphatic heterocycles. The monoisotopic (exact) mass is 358 g/mol. The van der Waals surface area contributed by atoms with Gasteiger partial charge in [-0.25, -0.2) is 0 Å². The summed E-state index contributed by atoms with van der Waals surface area (Å²) in [5.41, 5.74) is 13.7. The number of nitrogen functional groups attached to an aromatic ring is 1. The molecule has 0 aliphatic carbocycles. The molecular formula is C23H22N2S. The number of aryl methyl sites for hydroxylation is 1. The van der Waals surface area contributed by atoms with Gasteiger partial charge in [0, 0.05) is 27.4 Å². The first-order valence-electron chi connectivity index (χ1n) is 8.38. The van der Waals surface area contributed by atoms with E-state index in [0.717, 1.165) is 39.2 Å². The fraction of sp³-hybridized carbons (Fsp3) is 0.0435. The van der Waals surface area contributed by atoms with Crippen LogP contribution in [0.3, 0.4) is 0 Å². The summed E-state index contributed by atoms with van der Waals surface area (Å²) in [6.45, 7) is 10.4. The largest absolute Gasteiger partial charge is 0.397 e. The van der Waals surface area contributed by atoms with Crippen LogP contribution >= 0.6 is 12.6 Å². The first-order valence-corrected chi connectivity index (χ1v) is 8.83. The number of nitrogens with one attached hydrogen (secondary N) is 1. The van der Waals surface area contributed by atoms with Gasteiger partial charge in [-0.05, 0) is 41.8 Å². The average Bonchev–Trinajstić information content (AvgIpc) is 2.65. The molecule has 0 aliphatic rings. The highest BCUT2D eigenvalue weighted by atomic mass is 32.1. The molecule has 130 valence electrons. The molecule has 0 spiro atoms. The van der Waals surface area contributed by atoms with Crippen LogP contribution in [0.5, 0.6) is 0 Å². The first kappa shape index (κ1) is 17.9. The molecule has 3 aromatic rings. The Morgan fingerprint density at radius 2 is 1.73 bits per heavy atom. The molecule has 3 rings (SSSR count). The highest BCUT2D eigenvalue weighted by Crippen LogP contribution is 2.40. The van der Waals surface area contributed by atoms with Crippen molar-refractivity contribution < 1.29 is 0 Å². The van der Waals surface area contributed by atoms with Crippen LogP contribution in [0.2, 0.25) is 0 Å². The molecule has 0 aromatic heterocycles. The molecule has 3 heteroatoms. The predicted octanol–water partition coefficient (Wildman–Crippen LogP) is 6.31. The van der Waals surface area contributed by atoms with E-state index >= 15 is 0 Å². The minimum Gasteiger partial charge on any atom is -0.397 e. The van der Waals surface area contributed by atoms with Crippen molar-refractivity contribution >= 4 is 41.3 Å². The second-order valence-electron chi connectivity index (χ2n) is 6.13. The predicted molar refractivity (Wildman–Crippen MR) is 117 cm³/mol. The van der Waals surface area contributed by atoms with Crippen molar-refractivity contribution in [1.82, 2.24) is 0 Å². The van der Waals surface area contributed by atoms with Crippen LogP contribution in [0.1, 0.15) is 22.3 Å². The van der Waals surface area contributed by atoms with Crippen molar-refractivity contribution in [2.75, 3.05) is 11.1 Å². The summed E-state index contributed by atoms with van der Waals surface area (Å²) >= 11 is 4.58. The van der Waals surface area contributed by atoms with Gasteiger partial charge >= 0.3 is 0 Å². The van der Waals surface area contributed by atoms with Gasteiger partial charge < -0.3 is 11.1 Å². The van der Waals surface area contributed by atoms with Gasteiger partial charge in [0.15, 0.2) is 0 Å². The van der Waals surface area contributed by atoms with Crippen LogP contribution < -0.4 is 11.1 Å². The number of rotatable bonds is 5. The Morgan fingerprint density at radius 1 is 1.08 bits per heavy atom. The van der Waals surface area contributed by atoms with E-state index in [1.54, 1.807) is 0 Å². The molecule has 0 heterocycles. The van der Waals surface area contributed by atoms with E-state index < -0.39 is 0 Å². The first-order chi connectivity index (χ1) is 12.5. The summed E-state index contributed by atoms with van der Waals surface area (Å²) < 4.78 is 0. The van der Waals surface area contributed by atoms with Gasteiger partial charge in [0.25, 0.3) is 0 Å². The Kier molecular flexibility index (Phi) is 5.19. The molecule has 0 bridgehead atoms. The minimum absolute atomic E-state index is 0.607. The van der Waals surface area contributed by atoms with Crippen LogP contribution in [-0.2, 0) is 0 Å². The number of para-hydroxylation sites is 1. The van der Waals surface area contributed by atoms with Crippen molar-refractivity contribution in [3.63, 3.8) is 0 Å². The van der Waals surface area contributed by atoms with Gasteiger partial charge in [0.05, 0.1) is 5.69 Å². The molecule has 0 saturated heterocycles. The number of thiol groups is 1. The van der Waals surface area contributed by atoms with Gasteiger partial charge in [0.2, 0.25) is 0 Å². The Hall–Kier alpha value is -2.91. The van der Waals surface area contributed by atoms with Gasteiger partial charge in [-0.2, -0.15) is 0 Å². The van der Waals surface area contributed by atoms with Gasteiger partial charge in [0.1, 0.15) is 0 Å². The molecule has 0 saturated carbocycles. The summed E-state index contributed by atoms with van der Waals surface area (Å²) in [7, 11) is 0. The van der Waals surface area contributed by atoms with Crippen molar-refractivity contribution in [3.05, 3.63) is 96.1 Å². The molecule has 26 heavy (non-hydrogen) atoms. The molecule has 3 N–H and O–H groups in total. The van der Waals surface area contributed by atoms with E-state index in [9.17, 15) is 0 Å². The molecule has 0 unspecified atom stereocenters. The van der Waals surface area contributed by atoms with E-state index in [4.69, 9.17) is 5.73 Å². The molecule has 3 aromatic carbocycles. The van der Waals surface area contributed by atoms with Crippen LogP contribution in [0.25, 0.3) is 11.6 Å². The summed E-state index contributed by atoms with van der Waals surface area (Å²) in [5, 5.41) is 3.44. The Bertz CT molecular complexity index is 975. The molecule has 2 nitrogen and oxygen atoms in total. The summed E-state index contributed by atoms with van der Waals surface area (Å²) in [6, 6.07) is 20.1. The normalized spacial score (nSPS) is 10.4. The maximum absolute atomic E-state index is 6.40. The van der Waals surface area contributed by atoms with Gasteiger partial charge in [-0.3, -0.25) is 0 Å². The van der Waals surface area contributed by atoms with Crippen molar-refractivity contribution in [1.29, 1.82) is 0 Å². The van der Waals surface area contributed by atoms with Gasteiger partial charge in [-0.15, -0.1) is 12.6 Å². The van der Waals surface area contributed by atoms with Crippen molar-refractivity contribution in [2.45, 2.75) is 11.8 Å². The zero-order chi connectivity index (χ0) is 18.7. The maximum Gasteiger partial charge on any atom is 0.0536 e. The fourth-order valence-electron chi connectivity index (χ4n) is 3.06. The van der Waals surface area contributed by atoms with Gasteiger partial charge in [-0.1, -0.05) is 61.7 Å². The average molecular weight is 359 g/mol. The molecular weight excluding hydrogens is 336 g/mol. The van der Waals surface area contributed by atoms with E-state index in [0.29, 0.717) is 10.6 Å². The minimum atomic E-state index is 0.607. The Morgan fingerprint density at radius 3 is 2.38 bits per heavy atom. The lowest BCUT2D eigenvalue weighted by atomic mass is 9.90. The lowest BCUT2D eigenvalue weighted by molar-refractivity contribution is 1.37. The Balaban J connectivity index is 2.17. The van der Waals surface area contributed by atoms with Crippen molar-refractivity contribution in [3.8, 4) is 0 Å². The second-order valence-corrected chi connectivity index (χ2v) is 6.62. The number of benzene rings is 3. The zero-order valence-corrected chi connectivity index (χ0v) is 15.7. The van der Waals surface area contributed by atoms with Crippen LogP contribution in [0.15, 0.2) is 78.7 Å². The maximum atomic E-state index is 6.40. The fourth-order valence-corrected chi connectivity index (χ4v) is 3.30. The van der Waals surface area contributed by atoms with E-state index in [-0.39, 0.29) is 0 Å². The topological polar surface area (TPSA) is 38.0 Å². The smallest absolute Gasteiger partial charge is 0.0536 e. The van der Waals surface area contributed by atoms with Crippen LogP contribution in [0, 0.1) is 6.92 Å². The second kappa shape index (κ2) is 7.54. The van der Waals surface area contributed by atoms with E-state index in [1.165, 1.54) is 0 Å². The lowest BCUT2D eigenvalue weighted by Gasteiger charge is -2.20.